The molecule has 0 unspecified atom stereocenters. The summed E-state index contributed by atoms with van der Waals surface area (Å²) in [7, 11) is -3.88. The normalized spacial score (nSPS) is 11.9. The molecule has 0 radical (unpaired) electrons. The van der Waals surface area contributed by atoms with Gasteiger partial charge in [-0.2, -0.15) is 0 Å². The fraction of sp³-hybridized carbons (Fsp3) is 0.514. The van der Waals surface area contributed by atoms with E-state index in [2.05, 4.69) is 6.92 Å². The Hall–Kier alpha value is -1.90. The molecule has 0 atom stereocenters. The summed E-state index contributed by atoms with van der Waals surface area (Å²) in [4.78, 5) is 0.190. The van der Waals surface area contributed by atoms with Crippen LogP contribution in [0.5, 0.6) is 5.75 Å². The van der Waals surface area contributed by atoms with Gasteiger partial charge < -0.3 is 0 Å². The van der Waals surface area contributed by atoms with Gasteiger partial charge in [-0.25, -0.2) is 0 Å². The predicted octanol–water partition coefficient (Wildman–Crippen LogP) is 11.5. The summed E-state index contributed by atoms with van der Waals surface area (Å²) in [5, 5.41) is 0. The van der Waals surface area contributed by atoms with Crippen LogP contribution in [0.15, 0.2) is 83.8 Å². The van der Waals surface area contributed by atoms with E-state index in [4.69, 9.17) is 7.25 Å². The fourth-order valence-corrected chi connectivity index (χ4v) is 12.0. The van der Waals surface area contributed by atoms with Gasteiger partial charge in [-0.15, -0.1) is 0 Å². The zero-order valence-electron chi connectivity index (χ0n) is 26.4. The number of unbranched alkanes of at least 4 members (excludes halogenated alkanes) is 15. The minimum atomic E-state index is -3.88. The number of aryl methyl sites for hydroxylation is 1. The van der Waals surface area contributed by atoms with Gasteiger partial charge in [0, 0.05) is 0 Å². The van der Waals surface area contributed by atoms with Crippen LogP contribution in [0.1, 0.15) is 115 Å². The summed E-state index contributed by atoms with van der Waals surface area (Å²) in [6, 6.07) is 24.3. The maximum atomic E-state index is 13.1. The quantitative estimate of drug-likeness (QED) is 0.0723. The van der Waals surface area contributed by atoms with E-state index in [0.29, 0.717) is 6.61 Å². The van der Waals surface area contributed by atoms with E-state index in [-0.39, 0.29) is 4.90 Å². The molecule has 0 aliphatic carbocycles. The first kappa shape index (κ1) is 35.6. The predicted molar refractivity (Wildman–Crippen MR) is 189 cm³/mol. The van der Waals surface area contributed by atoms with Crippen molar-refractivity contribution in [1.82, 2.24) is 0 Å². The third-order valence-corrected chi connectivity index (χ3v) is 15.0. The van der Waals surface area contributed by atoms with Crippen LogP contribution in [0.2, 0.25) is 0 Å². The minimum absolute atomic E-state index is 0.190. The number of hydrogen-bond acceptors (Lipinski definition) is 4. The first-order valence-electron chi connectivity index (χ1n) is 16.5. The summed E-state index contributed by atoms with van der Waals surface area (Å²) >= 11 is -2.71. The number of hydrogen-bond donors (Lipinski definition) is 0. The summed E-state index contributed by atoms with van der Waals surface area (Å²) in [6.45, 7) is 4.92. The number of benzene rings is 3. The van der Waals surface area contributed by atoms with Crippen molar-refractivity contribution in [2.75, 3.05) is 6.61 Å². The third kappa shape index (κ3) is 14.2. The van der Waals surface area contributed by atoms with Crippen LogP contribution in [0.3, 0.4) is 0 Å². The SMILES string of the molecule is CCCCCCCCCCCCCCCCCCOc1ccc(I(OS(=O)(=O)c2ccc(C)cc2)c2ccccc2)cc1. The van der Waals surface area contributed by atoms with Crippen molar-refractivity contribution in [3.05, 3.63) is 91.6 Å². The van der Waals surface area contributed by atoms with E-state index >= 15 is 0 Å². The molecular formula is C37H53IO4S. The number of rotatable bonds is 23. The van der Waals surface area contributed by atoms with Crippen molar-refractivity contribution >= 4 is 30.4 Å². The Morgan fingerprint density at radius 1 is 0.558 bits per heavy atom. The fourth-order valence-electron chi connectivity index (χ4n) is 5.04. The topological polar surface area (TPSA) is 52.6 Å². The second-order valence-corrected chi connectivity index (χ2v) is 18.0. The van der Waals surface area contributed by atoms with Crippen LogP contribution >= 0.6 is 20.2 Å². The van der Waals surface area contributed by atoms with Gasteiger partial charge in [0.1, 0.15) is 0 Å². The third-order valence-electron chi connectivity index (χ3n) is 7.67. The van der Waals surface area contributed by atoms with Crippen molar-refractivity contribution in [2.45, 2.75) is 121 Å². The second kappa shape index (κ2) is 20.9. The van der Waals surface area contributed by atoms with Crippen molar-refractivity contribution < 1.29 is 15.7 Å². The Morgan fingerprint density at radius 2 is 1.02 bits per heavy atom. The van der Waals surface area contributed by atoms with Crippen LogP contribution in [0.4, 0.5) is 0 Å². The average molecular weight is 721 g/mol. The molecule has 0 aliphatic rings. The van der Waals surface area contributed by atoms with E-state index in [1.54, 1.807) is 24.3 Å². The van der Waals surface area contributed by atoms with Gasteiger partial charge in [0.25, 0.3) is 0 Å². The Balaban J connectivity index is 1.32. The van der Waals surface area contributed by atoms with Gasteiger partial charge in [0.05, 0.1) is 0 Å². The van der Waals surface area contributed by atoms with Gasteiger partial charge in [0.15, 0.2) is 0 Å². The van der Waals surface area contributed by atoms with Crippen LogP contribution < -0.4 is 4.74 Å². The van der Waals surface area contributed by atoms with Gasteiger partial charge >= 0.3 is 200 Å². The zero-order chi connectivity index (χ0) is 30.6. The summed E-state index contributed by atoms with van der Waals surface area (Å²) in [6.07, 6.45) is 21.7. The molecule has 0 heterocycles. The average Bonchev–Trinajstić information content (AvgIpc) is 3.02. The Labute approximate surface area is 270 Å². The summed E-state index contributed by atoms with van der Waals surface area (Å²) < 4.78 is 40.1. The molecule has 0 saturated heterocycles. The van der Waals surface area contributed by atoms with Crippen molar-refractivity contribution in [3.8, 4) is 5.75 Å². The molecule has 0 fully saturated rings. The Morgan fingerprint density at radius 3 is 1.53 bits per heavy atom. The molecule has 4 nitrogen and oxygen atoms in total. The summed E-state index contributed by atoms with van der Waals surface area (Å²) in [5.74, 6) is 0.815. The zero-order valence-corrected chi connectivity index (χ0v) is 29.4. The maximum absolute atomic E-state index is 13.1. The Kier molecular flexibility index (Phi) is 17.3. The van der Waals surface area contributed by atoms with E-state index in [1.807, 2.05) is 61.5 Å². The van der Waals surface area contributed by atoms with Gasteiger partial charge in [-0.1, -0.05) is 71.1 Å². The molecule has 0 bridgehead atoms. The number of ether oxygens (including phenoxy) is 1. The second-order valence-electron chi connectivity index (χ2n) is 11.5. The van der Waals surface area contributed by atoms with Crippen molar-refractivity contribution in [3.63, 3.8) is 0 Å². The van der Waals surface area contributed by atoms with E-state index in [0.717, 1.165) is 24.9 Å². The van der Waals surface area contributed by atoms with E-state index in [9.17, 15) is 8.42 Å². The molecule has 43 heavy (non-hydrogen) atoms. The molecule has 0 saturated carbocycles. The van der Waals surface area contributed by atoms with Crippen molar-refractivity contribution in [1.29, 1.82) is 0 Å². The molecule has 0 spiro atoms. The number of halogens is 1. The van der Waals surface area contributed by atoms with Crippen molar-refractivity contribution in [2.24, 2.45) is 0 Å². The standard InChI is InChI=1S/C37H53IO4S/c1-3-4-5-6-7-8-9-10-11-12-13-14-15-16-17-21-32-41-36-28-26-35(27-29-36)38(34-22-19-18-20-23-34)42-43(39,40)37-30-24-33(2)25-31-37/h18-20,22-31H,3-17,21,32H2,1-2H3. The van der Waals surface area contributed by atoms with E-state index < -0.39 is 30.4 Å². The summed E-state index contributed by atoms with van der Waals surface area (Å²) in [5.41, 5.74) is 1.01. The Bertz CT molecular complexity index is 1230. The first-order valence-corrected chi connectivity index (χ1v) is 20.9. The molecular weight excluding hydrogens is 667 g/mol. The molecule has 3 aromatic rings. The molecule has 0 aromatic heterocycles. The molecule has 0 N–H and O–H groups in total. The molecule has 0 aliphatic heterocycles. The molecule has 3 aromatic carbocycles. The van der Waals surface area contributed by atoms with Crippen LogP contribution in [-0.2, 0) is 12.6 Å². The molecule has 0 amide bonds. The van der Waals surface area contributed by atoms with Gasteiger partial charge in [0.2, 0.25) is 0 Å². The molecule has 238 valence electrons. The van der Waals surface area contributed by atoms with E-state index in [1.165, 1.54) is 96.3 Å². The van der Waals surface area contributed by atoms with Crippen LogP contribution in [0, 0.1) is 14.1 Å². The van der Waals surface area contributed by atoms with Gasteiger partial charge in [-0.3, -0.25) is 0 Å². The molecule has 6 heteroatoms. The van der Waals surface area contributed by atoms with Crippen LogP contribution in [0.25, 0.3) is 0 Å². The van der Waals surface area contributed by atoms with Gasteiger partial charge in [-0.05, 0) is 0 Å². The monoisotopic (exact) mass is 720 g/mol. The van der Waals surface area contributed by atoms with Crippen LogP contribution in [-0.4, -0.2) is 15.0 Å². The molecule has 3 rings (SSSR count). The first-order chi connectivity index (χ1) is 21.0.